The molecule has 0 aliphatic heterocycles. The highest BCUT2D eigenvalue weighted by molar-refractivity contribution is 9.10. The molecule has 108 valence electrons. The first kappa shape index (κ1) is 16.5. The van der Waals surface area contributed by atoms with E-state index < -0.39 is 0 Å². The molecular formula is C15H24BrNO2. The summed E-state index contributed by atoms with van der Waals surface area (Å²) in [7, 11) is 1.66. The Morgan fingerprint density at radius 1 is 1.47 bits per heavy atom. The van der Waals surface area contributed by atoms with E-state index in [2.05, 4.69) is 54.2 Å². The summed E-state index contributed by atoms with van der Waals surface area (Å²) < 4.78 is 6.19. The Kier molecular flexibility index (Phi) is 6.30. The number of aliphatic hydroxyl groups is 1. The maximum Gasteiger partial charge on any atom is 0.133 e. The Labute approximate surface area is 124 Å². The summed E-state index contributed by atoms with van der Waals surface area (Å²) in [5.41, 5.74) is 1.14. The molecule has 0 radical (unpaired) electrons. The van der Waals surface area contributed by atoms with E-state index in [1.807, 2.05) is 6.07 Å². The molecule has 19 heavy (non-hydrogen) atoms. The van der Waals surface area contributed by atoms with Crippen molar-refractivity contribution in [2.75, 3.05) is 20.3 Å². The van der Waals surface area contributed by atoms with Crippen LogP contribution in [0.2, 0.25) is 0 Å². The van der Waals surface area contributed by atoms with Crippen molar-refractivity contribution < 1.29 is 9.84 Å². The van der Waals surface area contributed by atoms with Crippen LogP contribution in [-0.4, -0.2) is 25.4 Å². The standard InChI is InChI=1S/C15H24BrNO2/c1-5-15(3,10-18)9-17-11(2)12-6-7-14(19-4)13(16)8-12/h6-8,11,17-18H,5,9-10H2,1-4H3. The Morgan fingerprint density at radius 2 is 2.16 bits per heavy atom. The molecule has 0 saturated heterocycles. The van der Waals surface area contributed by atoms with Crippen molar-refractivity contribution in [3.8, 4) is 5.75 Å². The van der Waals surface area contributed by atoms with Crippen LogP contribution in [0.3, 0.4) is 0 Å². The molecule has 1 rings (SSSR count). The Bertz CT molecular complexity index is 405. The van der Waals surface area contributed by atoms with Gasteiger partial charge in [-0.1, -0.05) is 19.9 Å². The maximum absolute atomic E-state index is 9.42. The van der Waals surface area contributed by atoms with Crippen LogP contribution in [0.1, 0.15) is 38.8 Å². The van der Waals surface area contributed by atoms with Gasteiger partial charge in [0.1, 0.15) is 5.75 Å². The Morgan fingerprint density at radius 3 is 2.63 bits per heavy atom. The SMILES string of the molecule is CCC(C)(CO)CNC(C)c1ccc(OC)c(Br)c1. The molecule has 0 saturated carbocycles. The summed E-state index contributed by atoms with van der Waals surface area (Å²) in [6.45, 7) is 7.32. The third-order valence-electron chi connectivity index (χ3n) is 3.75. The molecule has 0 fully saturated rings. The van der Waals surface area contributed by atoms with E-state index in [9.17, 15) is 5.11 Å². The zero-order valence-electron chi connectivity index (χ0n) is 12.2. The lowest BCUT2D eigenvalue weighted by atomic mass is 9.88. The van der Waals surface area contributed by atoms with E-state index in [1.54, 1.807) is 7.11 Å². The molecule has 0 bridgehead atoms. The van der Waals surface area contributed by atoms with Gasteiger partial charge in [-0.25, -0.2) is 0 Å². The van der Waals surface area contributed by atoms with Gasteiger partial charge in [-0.3, -0.25) is 0 Å². The first-order valence-electron chi connectivity index (χ1n) is 6.63. The number of nitrogens with one attached hydrogen (secondary N) is 1. The topological polar surface area (TPSA) is 41.5 Å². The Balaban J connectivity index is 2.68. The van der Waals surface area contributed by atoms with E-state index in [4.69, 9.17) is 4.74 Å². The van der Waals surface area contributed by atoms with Gasteiger partial charge in [0.05, 0.1) is 11.6 Å². The summed E-state index contributed by atoms with van der Waals surface area (Å²) in [4.78, 5) is 0. The zero-order valence-corrected chi connectivity index (χ0v) is 13.8. The summed E-state index contributed by atoms with van der Waals surface area (Å²) in [5.74, 6) is 0.838. The first-order valence-corrected chi connectivity index (χ1v) is 7.42. The largest absolute Gasteiger partial charge is 0.496 e. The lowest BCUT2D eigenvalue weighted by Crippen LogP contribution is -2.35. The van der Waals surface area contributed by atoms with E-state index >= 15 is 0 Å². The summed E-state index contributed by atoms with van der Waals surface area (Å²) in [6, 6.07) is 6.32. The molecule has 3 nitrogen and oxygen atoms in total. The molecule has 1 aromatic rings. The van der Waals surface area contributed by atoms with E-state index in [0.29, 0.717) is 0 Å². The van der Waals surface area contributed by atoms with Crippen molar-refractivity contribution in [3.63, 3.8) is 0 Å². The van der Waals surface area contributed by atoms with Crippen molar-refractivity contribution in [2.24, 2.45) is 5.41 Å². The predicted molar refractivity (Wildman–Crippen MR) is 82.6 cm³/mol. The van der Waals surface area contributed by atoms with Crippen molar-refractivity contribution >= 4 is 15.9 Å². The van der Waals surface area contributed by atoms with E-state index in [1.165, 1.54) is 5.56 Å². The van der Waals surface area contributed by atoms with Crippen LogP contribution in [0.5, 0.6) is 5.75 Å². The summed E-state index contributed by atoms with van der Waals surface area (Å²) >= 11 is 3.50. The third kappa shape index (κ3) is 4.48. The van der Waals surface area contributed by atoms with Gasteiger partial charge in [-0.05, 0) is 47.0 Å². The maximum atomic E-state index is 9.42. The fourth-order valence-electron chi connectivity index (χ4n) is 1.76. The number of hydrogen-bond acceptors (Lipinski definition) is 3. The van der Waals surface area contributed by atoms with Gasteiger partial charge in [0.25, 0.3) is 0 Å². The number of ether oxygens (including phenoxy) is 1. The molecule has 0 aliphatic carbocycles. The number of benzene rings is 1. The van der Waals surface area contributed by atoms with Gasteiger partial charge < -0.3 is 15.2 Å². The molecule has 0 spiro atoms. The minimum atomic E-state index is -0.0576. The molecule has 0 heterocycles. The van der Waals surface area contributed by atoms with Gasteiger partial charge in [0.15, 0.2) is 0 Å². The summed E-state index contributed by atoms with van der Waals surface area (Å²) in [6.07, 6.45) is 0.954. The molecule has 4 heteroatoms. The van der Waals surface area contributed by atoms with E-state index in [0.717, 1.165) is 23.2 Å². The van der Waals surface area contributed by atoms with Crippen LogP contribution in [0, 0.1) is 5.41 Å². The molecule has 0 aromatic heterocycles. The second-order valence-electron chi connectivity index (χ2n) is 5.32. The van der Waals surface area contributed by atoms with Crippen molar-refractivity contribution in [2.45, 2.75) is 33.2 Å². The van der Waals surface area contributed by atoms with Gasteiger partial charge in [-0.15, -0.1) is 0 Å². The lowest BCUT2D eigenvalue weighted by Gasteiger charge is -2.28. The highest BCUT2D eigenvalue weighted by Crippen LogP contribution is 2.28. The van der Waals surface area contributed by atoms with Crippen LogP contribution >= 0.6 is 15.9 Å². The smallest absolute Gasteiger partial charge is 0.133 e. The molecule has 2 N–H and O–H groups in total. The van der Waals surface area contributed by atoms with Crippen molar-refractivity contribution in [3.05, 3.63) is 28.2 Å². The third-order valence-corrected chi connectivity index (χ3v) is 4.37. The van der Waals surface area contributed by atoms with Gasteiger partial charge in [-0.2, -0.15) is 0 Å². The highest BCUT2D eigenvalue weighted by Gasteiger charge is 2.21. The second-order valence-corrected chi connectivity index (χ2v) is 6.17. The first-order chi connectivity index (χ1) is 8.95. The average molecular weight is 330 g/mol. The monoisotopic (exact) mass is 329 g/mol. The quantitative estimate of drug-likeness (QED) is 0.804. The highest BCUT2D eigenvalue weighted by atomic mass is 79.9. The predicted octanol–water partition coefficient (Wildman–Crippen LogP) is 3.52. The number of halogens is 1. The van der Waals surface area contributed by atoms with Crippen LogP contribution in [0.25, 0.3) is 0 Å². The average Bonchev–Trinajstić information content (AvgIpc) is 2.44. The number of aliphatic hydroxyl groups excluding tert-OH is 1. The zero-order chi connectivity index (χ0) is 14.5. The fourth-order valence-corrected chi connectivity index (χ4v) is 2.32. The van der Waals surface area contributed by atoms with Crippen LogP contribution in [0.4, 0.5) is 0 Å². The van der Waals surface area contributed by atoms with Crippen LogP contribution in [0.15, 0.2) is 22.7 Å². The Hall–Kier alpha value is -0.580. The minimum Gasteiger partial charge on any atom is -0.496 e. The molecule has 0 amide bonds. The normalized spacial score (nSPS) is 15.9. The van der Waals surface area contributed by atoms with E-state index in [-0.39, 0.29) is 18.1 Å². The number of hydrogen-bond donors (Lipinski definition) is 2. The van der Waals surface area contributed by atoms with Crippen molar-refractivity contribution in [1.82, 2.24) is 5.32 Å². The number of methoxy groups -OCH3 is 1. The molecule has 2 unspecified atom stereocenters. The fraction of sp³-hybridized carbons (Fsp3) is 0.600. The molecule has 0 aliphatic rings. The van der Waals surface area contributed by atoms with Gasteiger partial charge in [0, 0.05) is 24.6 Å². The summed E-state index contributed by atoms with van der Waals surface area (Å²) in [5, 5.41) is 12.9. The van der Waals surface area contributed by atoms with Crippen LogP contribution in [-0.2, 0) is 0 Å². The molecule has 2 atom stereocenters. The number of rotatable bonds is 7. The second kappa shape index (κ2) is 7.27. The van der Waals surface area contributed by atoms with Crippen LogP contribution < -0.4 is 10.1 Å². The van der Waals surface area contributed by atoms with Gasteiger partial charge >= 0.3 is 0 Å². The lowest BCUT2D eigenvalue weighted by molar-refractivity contribution is 0.132. The van der Waals surface area contributed by atoms with Crippen molar-refractivity contribution in [1.29, 1.82) is 0 Å². The molecule has 1 aromatic carbocycles. The minimum absolute atomic E-state index is 0.0576. The van der Waals surface area contributed by atoms with Gasteiger partial charge in [0.2, 0.25) is 0 Å². The molecular weight excluding hydrogens is 306 g/mol.